The van der Waals surface area contributed by atoms with Crippen LogP contribution in [-0.2, 0) is 9.59 Å². The molecule has 1 fully saturated rings. The standard InChI is InChI=1S/C12H13BrN2O3/c13-10-4-3-9(6-14-10)15-11(16)7-1-2-8(5-7)12(17)18/h3-4,6-8H,1-2,5H2,(H,15,16)(H,17,18). The maximum absolute atomic E-state index is 11.9. The van der Waals surface area contributed by atoms with E-state index in [1.165, 1.54) is 0 Å². The number of halogens is 1. The van der Waals surface area contributed by atoms with E-state index in [0.717, 1.165) is 0 Å². The van der Waals surface area contributed by atoms with Crippen LogP contribution < -0.4 is 5.32 Å². The monoisotopic (exact) mass is 312 g/mol. The zero-order chi connectivity index (χ0) is 13.1. The van der Waals surface area contributed by atoms with Crippen LogP contribution in [0.15, 0.2) is 22.9 Å². The van der Waals surface area contributed by atoms with Crippen molar-refractivity contribution in [1.82, 2.24) is 4.98 Å². The van der Waals surface area contributed by atoms with Crippen molar-refractivity contribution in [3.8, 4) is 0 Å². The van der Waals surface area contributed by atoms with Crippen molar-refractivity contribution >= 4 is 33.5 Å². The van der Waals surface area contributed by atoms with Crippen LogP contribution in [0.4, 0.5) is 5.69 Å². The predicted octanol–water partition coefficient (Wildman–Crippen LogP) is 2.28. The molecule has 1 aliphatic carbocycles. The number of carbonyl (C=O) groups is 2. The molecule has 1 aromatic heterocycles. The van der Waals surface area contributed by atoms with Crippen molar-refractivity contribution in [3.05, 3.63) is 22.9 Å². The summed E-state index contributed by atoms with van der Waals surface area (Å²) < 4.78 is 0.701. The fourth-order valence-corrected chi connectivity index (χ4v) is 2.37. The van der Waals surface area contributed by atoms with Crippen LogP contribution in [0.2, 0.25) is 0 Å². The second-order valence-corrected chi connectivity index (χ2v) is 5.22. The Labute approximate surface area is 113 Å². The number of rotatable bonds is 3. The number of pyridine rings is 1. The maximum Gasteiger partial charge on any atom is 0.306 e. The Kier molecular flexibility index (Phi) is 3.96. The summed E-state index contributed by atoms with van der Waals surface area (Å²) in [5.74, 6) is -1.53. The second-order valence-electron chi connectivity index (χ2n) is 4.40. The van der Waals surface area contributed by atoms with E-state index in [2.05, 4.69) is 26.2 Å². The first kappa shape index (κ1) is 13.0. The summed E-state index contributed by atoms with van der Waals surface area (Å²) in [6, 6.07) is 3.49. The van der Waals surface area contributed by atoms with Crippen molar-refractivity contribution in [2.45, 2.75) is 19.3 Å². The van der Waals surface area contributed by atoms with Gasteiger partial charge in [0, 0.05) is 5.92 Å². The number of nitrogens with one attached hydrogen (secondary N) is 1. The Hall–Kier alpha value is -1.43. The first-order valence-electron chi connectivity index (χ1n) is 5.71. The first-order chi connectivity index (χ1) is 8.56. The third-order valence-corrected chi connectivity index (χ3v) is 3.62. The van der Waals surface area contributed by atoms with Gasteiger partial charge in [0.2, 0.25) is 5.91 Å². The van der Waals surface area contributed by atoms with Gasteiger partial charge in [-0.05, 0) is 47.3 Å². The zero-order valence-electron chi connectivity index (χ0n) is 9.60. The van der Waals surface area contributed by atoms with Crippen LogP contribution in [-0.4, -0.2) is 22.0 Å². The first-order valence-corrected chi connectivity index (χ1v) is 6.51. The number of carbonyl (C=O) groups excluding carboxylic acids is 1. The molecule has 1 aliphatic rings. The number of amides is 1. The van der Waals surface area contributed by atoms with Crippen molar-refractivity contribution in [2.75, 3.05) is 5.32 Å². The smallest absolute Gasteiger partial charge is 0.306 e. The number of carboxylic acids is 1. The molecule has 0 radical (unpaired) electrons. The van der Waals surface area contributed by atoms with E-state index in [4.69, 9.17) is 5.11 Å². The molecule has 1 heterocycles. The third-order valence-electron chi connectivity index (χ3n) is 3.15. The van der Waals surface area contributed by atoms with Gasteiger partial charge >= 0.3 is 5.97 Å². The van der Waals surface area contributed by atoms with Gasteiger partial charge in [0.15, 0.2) is 0 Å². The van der Waals surface area contributed by atoms with Crippen molar-refractivity contribution in [3.63, 3.8) is 0 Å². The van der Waals surface area contributed by atoms with E-state index in [0.29, 0.717) is 29.6 Å². The average Bonchev–Trinajstić information content (AvgIpc) is 2.81. The van der Waals surface area contributed by atoms with Crippen LogP contribution in [0.25, 0.3) is 0 Å². The van der Waals surface area contributed by atoms with Crippen LogP contribution in [0, 0.1) is 11.8 Å². The number of aliphatic carboxylic acids is 1. The zero-order valence-corrected chi connectivity index (χ0v) is 11.2. The van der Waals surface area contributed by atoms with E-state index in [-0.39, 0.29) is 17.7 Å². The number of nitrogens with zero attached hydrogens (tertiary/aromatic N) is 1. The molecule has 2 N–H and O–H groups in total. The van der Waals surface area contributed by atoms with E-state index in [9.17, 15) is 9.59 Å². The predicted molar refractivity (Wildman–Crippen MR) is 69.0 cm³/mol. The van der Waals surface area contributed by atoms with Crippen molar-refractivity contribution < 1.29 is 14.7 Å². The fraction of sp³-hybridized carbons (Fsp3) is 0.417. The van der Waals surface area contributed by atoms with Gasteiger partial charge in [-0.15, -0.1) is 0 Å². The number of hydrogen-bond donors (Lipinski definition) is 2. The molecule has 96 valence electrons. The summed E-state index contributed by atoms with van der Waals surface area (Å²) in [5, 5.41) is 11.6. The summed E-state index contributed by atoms with van der Waals surface area (Å²) in [5.41, 5.74) is 0.627. The van der Waals surface area contributed by atoms with Gasteiger partial charge in [0.1, 0.15) is 4.60 Å². The van der Waals surface area contributed by atoms with E-state index in [1.807, 2.05) is 0 Å². The Balaban J connectivity index is 1.93. The lowest BCUT2D eigenvalue weighted by molar-refractivity contribution is -0.141. The number of aromatic nitrogens is 1. The summed E-state index contributed by atoms with van der Waals surface area (Å²) in [6.45, 7) is 0. The number of anilines is 1. The van der Waals surface area contributed by atoms with Crippen LogP contribution >= 0.6 is 15.9 Å². The minimum Gasteiger partial charge on any atom is -0.481 e. The lowest BCUT2D eigenvalue weighted by Gasteiger charge is -2.10. The van der Waals surface area contributed by atoms with Gasteiger partial charge in [-0.1, -0.05) is 0 Å². The lowest BCUT2D eigenvalue weighted by Crippen LogP contribution is -2.21. The molecule has 2 rings (SSSR count). The molecule has 5 nitrogen and oxygen atoms in total. The highest BCUT2D eigenvalue weighted by molar-refractivity contribution is 9.10. The van der Waals surface area contributed by atoms with Gasteiger partial charge < -0.3 is 10.4 Å². The highest BCUT2D eigenvalue weighted by atomic mass is 79.9. The molecule has 2 atom stereocenters. The largest absolute Gasteiger partial charge is 0.481 e. The molecule has 1 amide bonds. The van der Waals surface area contributed by atoms with Crippen LogP contribution in [0.5, 0.6) is 0 Å². The quantitative estimate of drug-likeness (QED) is 0.839. The summed E-state index contributed by atoms with van der Waals surface area (Å²) in [6.07, 6.45) is 3.19. The summed E-state index contributed by atoms with van der Waals surface area (Å²) in [7, 11) is 0. The van der Waals surface area contributed by atoms with Gasteiger partial charge in [0.25, 0.3) is 0 Å². The highest BCUT2D eigenvalue weighted by Gasteiger charge is 2.33. The molecular weight excluding hydrogens is 300 g/mol. The molecular formula is C12H13BrN2O3. The molecule has 0 spiro atoms. The third kappa shape index (κ3) is 3.07. The summed E-state index contributed by atoms with van der Waals surface area (Å²) >= 11 is 3.21. The van der Waals surface area contributed by atoms with Gasteiger partial charge in [0.05, 0.1) is 17.8 Å². The average molecular weight is 313 g/mol. The van der Waals surface area contributed by atoms with Gasteiger partial charge in [-0.2, -0.15) is 0 Å². The Morgan fingerprint density at radius 2 is 2.06 bits per heavy atom. The molecule has 0 aromatic carbocycles. The Morgan fingerprint density at radius 1 is 1.33 bits per heavy atom. The molecule has 1 saturated carbocycles. The van der Waals surface area contributed by atoms with E-state index in [1.54, 1.807) is 18.3 Å². The summed E-state index contributed by atoms with van der Waals surface area (Å²) in [4.78, 5) is 26.8. The van der Waals surface area contributed by atoms with Crippen LogP contribution in [0.1, 0.15) is 19.3 Å². The molecule has 0 saturated heterocycles. The molecule has 2 unspecified atom stereocenters. The van der Waals surface area contributed by atoms with Crippen LogP contribution in [0.3, 0.4) is 0 Å². The molecule has 0 bridgehead atoms. The Bertz CT molecular complexity index is 461. The Morgan fingerprint density at radius 3 is 2.61 bits per heavy atom. The maximum atomic E-state index is 11.9. The minimum atomic E-state index is -0.810. The van der Waals surface area contributed by atoms with Gasteiger partial charge in [-0.3, -0.25) is 9.59 Å². The lowest BCUT2D eigenvalue weighted by atomic mass is 10.0. The fourth-order valence-electron chi connectivity index (χ4n) is 2.14. The van der Waals surface area contributed by atoms with E-state index < -0.39 is 5.97 Å². The number of hydrogen-bond acceptors (Lipinski definition) is 3. The SMILES string of the molecule is O=C(O)C1CCC(C(=O)Nc2ccc(Br)nc2)C1. The van der Waals surface area contributed by atoms with Crippen molar-refractivity contribution in [1.29, 1.82) is 0 Å². The van der Waals surface area contributed by atoms with E-state index >= 15 is 0 Å². The van der Waals surface area contributed by atoms with Gasteiger partial charge in [-0.25, -0.2) is 4.98 Å². The minimum absolute atomic E-state index is 0.122. The molecule has 0 aliphatic heterocycles. The topological polar surface area (TPSA) is 79.3 Å². The highest BCUT2D eigenvalue weighted by Crippen LogP contribution is 2.31. The normalized spacial score (nSPS) is 22.7. The van der Waals surface area contributed by atoms with Crippen molar-refractivity contribution in [2.24, 2.45) is 11.8 Å². The molecule has 18 heavy (non-hydrogen) atoms. The molecule has 1 aromatic rings. The number of carboxylic acid groups (broad SMARTS) is 1. The second kappa shape index (κ2) is 5.48. The molecule has 6 heteroatoms.